The Morgan fingerprint density at radius 3 is 2.57 bits per heavy atom. The molecule has 2 aromatic carbocycles. The van der Waals surface area contributed by atoms with E-state index in [0.29, 0.717) is 18.9 Å². The molecule has 0 amide bonds. The Labute approximate surface area is 163 Å². The van der Waals surface area contributed by atoms with Crippen LogP contribution >= 0.6 is 0 Å². The van der Waals surface area contributed by atoms with Crippen LogP contribution in [0.3, 0.4) is 0 Å². The molecular weight excluding hydrogens is 354 g/mol. The van der Waals surface area contributed by atoms with Gasteiger partial charge in [-0.05, 0) is 42.8 Å². The number of hydrogen-bond acceptors (Lipinski definition) is 5. The number of aromatic nitrogens is 1. The third-order valence-electron chi connectivity index (χ3n) is 4.03. The van der Waals surface area contributed by atoms with Crippen molar-refractivity contribution in [2.45, 2.75) is 13.3 Å². The number of aryl methyl sites for hydroxylation is 1. The average molecular weight is 374 g/mol. The minimum Gasteiger partial charge on any atom is -0.545 e. The van der Waals surface area contributed by atoms with E-state index in [4.69, 9.17) is 9.15 Å². The van der Waals surface area contributed by atoms with Gasteiger partial charge < -0.3 is 19.1 Å². The molecule has 5 heteroatoms. The van der Waals surface area contributed by atoms with Gasteiger partial charge in [-0.25, -0.2) is 4.98 Å². The topological polar surface area (TPSA) is 75.4 Å². The van der Waals surface area contributed by atoms with E-state index in [2.05, 4.69) is 4.98 Å². The molecule has 0 aliphatic carbocycles. The van der Waals surface area contributed by atoms with Crippen molar-refractivity contribution in [3.8, 4) is 17.2 Å². The van der Waals surface area contributed by atoms with Crippen LogP contribution in [-0.4, -0.2) is 17.6 Å². The van der Waals surface area contributed by atoms with Gasteiger partial charge in [0.25, 0.3) is 0 Å². The summed E-state index contributed by atoms with van der Waals surface area (Å²) in [5.74, 6) is 0.961. The van der Waals surface area contributed by atoms with E-state index in [1.54, 1.807) is 12.2 Å². The fraction of sp³-hybridized carbons (Fsp3) is 0.130. The highest BCUT2D eigenvalue weighted by molar-refractivity contribution is 5.78. The second-order valence-electron chi connectivity index (χ2n) is 6.09. The number of nitrogens with zero attached hydrogens (tertiary/aromatic N) is 1. The van der Waals surface area contributed by atoms with Gasteiger partial charge in [-0.2, -0.15) is 0 Å². The van der Waals surface area contributed by atoms with Crippen molar-refractivity contribution in [1.29, 1.82) is 0 Å². The standard InChI is InChI=1S/C23H21NO4/c1-17-21(24-23(28-17)19-8-3-2-4-9-19)15-16-27-20-13-11-18(12-14-20)7-5-6-10-22(25)26/h2-14H,15-16H2,1H3,(H,25,26)/p-1/b7-5+,10-6+. The van der Waals surface area contributed by atoms with Gasteiger partial charge in [-0.15, -0.1) is 0 Å². The van der Waals surface area contributed by atoms with Crippen molar-refractivity contribution in [1.82, 2.24) is 4.98 Å². The molecule has 0 bridgehead atoms. The number of allylic oxidation sites excluding steroid dienone is 2. The molecule has 3 rings (SSSR count). The molecule has 28 heavy (non-hydrogen) atoms. The van der Waals surface area contributed by atoms with Crippen LogP contribution in [-0.2, 0) is 11.2 Å². The Kier molecular flexibility index (Phi) is 6.41. The molecule has 142 valence electrons. The van der Waals surface area contributed by atoms with E-state index in [9.17, 15) is 9.90 Å². The number of benzene rings is 2. The van der Waals surface area contributed by atoms with Crippen molar-refractivity contribution in [3.05, 3.63) is 89.8 Å². The molecule has 0 saturated carbocycles. The number of ether oxygens (including phenoxy) is 1. The number of carboxylic acids is 1. The molecular formula is C23H20NO4-. The van der Waals surface area contributed by atoms with Crippen molar-refractivity contribution < 1.29 is 19.1 Å². The first-order valence-electron chi connectivity index (χ1n) is 8.92. The third-order valence-corrected chi connectivity index (χ3v) is 4.03. The van der Waals surface area contributed by atoms with Crippen LogP contribution in [0.5, 0.6) is 5.75 Å². The van der Waals surface area contributed by atoms with E-state index in [-0.39, 0.29) is 0 Å². The van der Waals surface area contributed by atoms with Gasteiger partial charge in [0.2, 0.25) is 5.89 Å². The Balaban J connectivity index is 1.53. The number of carbonyl (C=O) groups is 1. The zero-order valence-electron chi connectivity index (χ0n) is 15.5. The molecule has 0 saturated heterocycles. The molecule has 0 aliphatic heterocycles. The summed E-state index contributed by atoms with van der Waals surface area (Å²) >= 11 is 0. The zero-order chi connectivity index (χ0) is 19.8. The monoisotopic (exact) mass is 374 g/mol. The average Bonchev–Trinajstić information content (AvgIpc) is 3.08. The van der Waals surface area contributed by atoms with Crippen LogP contribution in [0.4, 0.5) is 0 Å². The number of rotatable bonds is 8. The summed E-state index contributed by atoms with van der Waals surface area (Å²) in [6, 6.07) is 17.3. The molecule has 0 spiro atoms. The molecule has 0 radical (unpaired) electrons. The van der Waals surface area contributed by atoms with Crippen LogP contribution in [0.1, 0.15) is 17.0 Å². The molecule has 1 aromatic heterocycles. The fourth-order valence-electron chi connectivity index (χ4n) is 2.61. The van der Waals surface area contributed by atoms with Gasteiger partial charge in [0, 0.05) is 12.0 Å². The molecule has 0 atom stereocenters. The number of carboxylic acid groups (broad SMARTS) is 1. The Morgan fingerprint density at radius 1 is 1.11 bits per heavy atom. The first-order valence-corrected chi connectivity index (χ1v) is 8.92. The highest BCUT2D eigenvalue weighted by Gasteiger charge is 2.11. The fourth-order valence-corrected chi connectivity index (χ4v) is 2.61. The number of hydrogen-bond donors (Lipinski definition) is 0. The minimum atomic E-state index is -1.22. The van der Waals surface area contributed by atoms with Crippen LogP contribution in [0.2, 0.25) is 0 Å². The second-order valence-corrected chi connectivity index (χ2v) is 6.09. The van der Waals surface area contributed by atoms with Crippen molar-refractivity contribution >= 4 is 12.0 Å². The largest absolute Gasteiger partial charge is 0.545 e. The summed E-state index contributed by atoms with van der Waals surface area (Å²) in [5.41, 5.74) is 2.78. The lowest BCUT2D eigenvalue weighted by Gasteiger charge is -2.05. The van der Waals surface area contributed by atoms with Gasteiger partial charge in [0.15, 0.2) is 0 Å². The van der Waals surface area contributed by atoms with E-state index >= 15 is 0 Å². The van der Waals surface area contributed by atoms with E-state index < -0.39 is 5.97 Å². The molecule has 1 heterocycles. The van der Waals surface area contributed by atoms with E-state index in [1.165, 1.54) is 6.08 Å². The normalized spacial score (nSPS) is 11.3. The van der Waals surface area contributed by atoms with E-state index in [0.717, 1.165) is 34.4 Å². The summed E-state index contributed by atoms with van der Waals surface area (Å²) in [6.07, 6.45) is 6.49. The van der Waals surface area contributed by atoms with Crippen LogP contribution in [0, 0.1) is 6.92 Å². The summed E-state index contributed by atoms with van der Waals surface area (Å²) < 4.78 is 11.5. The number of aliphatic carboxylic acids is 1. The maximum absolute atomic E-state index is 10.3. The zero-order valence-corrected chi connectivity index (χ0v) is 15.5. The Morgan fingerprint density at radius 2 is 1.86 bits per heavy atom. The van der Waals surface area contributed by atoms with Gasteiger partial charge >= 0.3 is 0 Å². The van der Waals surface area contributed by atoms with Crippen molar-refractivity contribution in [2.24, 2.45) is 0 Å². The maximum atomic E-state index is 10.3. The molecule has 0 fully saturated rings. The van der Waals surface area contributed by atoms with E-state index in [1.807, 2.05) is 61.5 Å². The van der Waals surface area contributed by atoms with Gasteiger partial charge in [0.05, 0.1) is 18.3 Å². The quantitative estimate of drug-likeness (QED) is 0.445. The minimum absolute atomic E-state index is 0.491. The second kappa shape index (κ2) is 9.37. The predicted octanol–water partition coefficient (Wildman–Crippen LogP) is 3.59. The lowest BCUT2D eigenvalue weighted by atomic mass is 10.2. The first kappa shape index (κ1) is 19.2. The lowest BCUT2D eigenvalue weighted by molar-refractivity contribution is -0.297. The predicted molar refractivity (Wildman–Crippen MR) is 105 cm³/mol. The van der Waals surface area contributed by atoms with Gasteiger partial charge in [-0.3, -0.25) is 0 Å². The molecule has 0 N–H and O–H groups in total. The highest BCUT2D eigenvalue weighted by Crippen LogP contribution is 2.22. The van der Waals surface area contributed by atoms with Crippen molar-refractivity contribution in [3.63, 3.8) is 0 Å². The summed E-state index contributed by atoms with van der Waals surface area (Å²) in [5, 5.41) is 10.3. The summed E-state index contributed by atoms with van der Waals surface area (Å²) in [6.45, 7) is 2.40. The maximum Gasteiger partial charge on any atom is 0.226 e. The molecule has 5 nitrogen and oxygen atoms in total. The van der Waals surface area contributed by atoms with Gasteiger partial charge in [-0.1, -0.05) is 48.6 Å². The number of carbonyl (C=O) groups excluding carboxylic acids is 1. The first-order chi connectivity index (χ1) is 13.6. The Bertz CT molecular complexity index is 970. The Hall–Kier alpha value is -3.60. The smallest absolute Gasteiger partial charge is 0.226 e. The lowest BCUT2D eigenvalue weighted by Crippen LogP contribution is -2.18. The highest BCUT2D eigenvalue weighted by atomic mass is 16.5. The summed E-state index contributed by atoms with van der Waals surface area (Å²) in [4.78, 5) is 14.9. The van der Waals surface area contributed by atoms with Gasteiger partial charge in [0.1, 0.15) is 11.5 Å². The van der Waals surface area contributed by atoms with Crippen molar-refractivity contribution in [2.75, 3.05) is 6.61 Å². The van der Waals surface area contributed by atoms with Crippen LogP contribution < -0.4 is 9.84 Å². The summed E-state index contributed by atoms with van der Waals surface area (Å²) in [7, 11) is 0. The third kappa shape index (κ3) is 5.45. The molecule has 3 aromatic rings. The number of oxazole rings is 1. The molecule has 0 unspecified atom stereocenters. The SMILES string of the molecule is Cc1oc(-c2ccccc2)nc1CCOc1ccc(/C=C/C=C/C(=O)[O-])cc1. The molecule has 0 aliphatic rings. The van der Waals surface area contributed by atoms with Crippen LogP contribution in [0.25, 0.3) is 17.5 Å². The van der Waals surface area contributed by atoms with Crippen LogP contribution in [0.15, 0.2) is 77.2 Å².